The Balaban J connectivity index is 1.78. The monoisotopic (exact) mass is 427 g/mol. The van der Waals surface area contributed by atoms with Crippen molar-refractivity contribution in [2.75, 3.05) is 49.3 Å². The normalized spacial score (nSPS) is 14.8. The molecule has 0 spiro atoms. The Kier molecular flexibility index (Phi) is 7.67. The maximum Gasteiger partial charge on any atom is 0.256 e. The summed E-state index contributed by atoms with van der Waals surface area (Å²) < 4.78 is 5.88. The Labute approximate surface area is 184 Å². The van der Waals surface area contributed by atoms with E-state index in [-0.39, 0.29) is 5.91 Å². The van der Waals surface area contributed by atoms with E-state index in [0.29, 0.717) is 29.6 Å². The van der Waals surface area contributed by atoms with Crippen molar-refractivity contribution in [3.8, 4) is 5.75 Å². The SMILES string of the molecule is CCOc1cc(N2CCN(C(C)C)CC2)ccc1NC(=O)c1cc(SC)ccc1C. The summed E-state index contributed by atoms with van der Waals surface area (Å²) in [6.07, 6.45) is 2.01. The van der Waals surface area contributed by atoms with Crippen LogP contribution in [0.1, 0.15) is 36.7 Å². The maximum absolute atomic E-state index is 13.0. The van der Waals surface area contributed by atoms with Crippen molar-refractivity contribution >= 4 is 29.0 Å². The fraction of sp³-hybridized carbons (Fsp3) is 0.458. The van der Waals surface area contributed by atoms with Crippen LogP contribution in [0.25, 0.3) is 0 Å². The van der Waals surface area contributed by atoms with Crippen molar-refractivity contribution in [2.24, 2.45) is 0 Å². The summed E-state index contributed by atoms with van der Waals surface area (Å²) in [5.74, 6) is 0.607. The summed E-state index contributed by atoms with van der Waals surface area (Å²) in [5.41, 5.74) is 3.50. The van der Waals surface area contributed by atoms with E-state index >= 15 is 0 Å². The van der Waals surface area contributed by atoms with E-state index in [1.807, 2.05) is 44.4 Å². The Bertz CT molecular complexity index is 877. The van der Waals surface area contributed by atoms with Crippen LogP contribution in [0.5, 0.6) is 5.75 Å². The highest BCUT2D eigenvalue weighted by molar-refractivity contribution is 7.98. The fourth-order valence-corrected chi connectivity index (χ4v) is 4.18. The Hall–Kier alpha value is -2.18. The van der Waals surface area contributed by atoms with Gasteiger partial charge in [-0.25, -0.2) is 0 Å². The zero-order chi connectivity index (χ0) is 21.7. The quantitative estimate of drug-likeness (QED) is 0.637. The van der Waals surface area contributed by atoms with E-state index in [1.54, 1.807) is 11.8 Å². The molecule has 0 bridgehead atoms. The second-order valence-corrected chi connectivity index (χ2v) is 8.74. The van der Waals surface area contributed by atoms with Crippen LogP contribution in [0.15, 0.2) is 41.3 Å². The number of piperazine rings is 1. The van der Waals surface area contributed by atoms with Crippen molar-refractivity contribution in [2.45, 2.75) is 38.6 Å². The molecule has 1 amide bonds. The van der Waals surface area contributed by atoms with Gasteiger partial charge in [-0.1, -0.05) is 6.07 Å². The average molecular weight is 428 g/mol. The third-order valence-electron chi connectivity index (χ3n) is 5.61. The molecule has 1 saturated heterocycles. The predicted octanol–water partition coefficient (Wildman–Crippen LogP) is 4.90. The van der Waals surface area contributed by atoms with Gasteiger partial charge < -0.3 is 15.0 Å². The van der Waals surface area contributed by atoms with Crippen LogP contribution in [-0.4, -0.2) is 55.9 Å². The van der Waals surface area contributed by atoms with Crippen molar-refractivity contribution in [1.82, 2.24) is 4.90 Å². The Morgan fingerprint density at radius 1 is 1.13 bits per heavy atom. The summed E-state index contributed by atoms with van der Waals surface area (Å²) in [7, 11) is 0. The van der Waals surface area contributed by atoms with Gasteiger partial charge in [-0.3, -0.25) is 9.69 Å². The molecule has 1 heterocycles. The lowest BCUT2D eigenvalue weighted by Crippen LogP contribution is -2.48. The minimum atomic E-state index is -0.109. The smallest absolute Gasteiger partial charge is 0.256 e. The van der Waals surface area contributed by atoms with Gasteiger partial charge >= 0.3 is 0 Å². The van der Waals surface area contributed by atoms with Gasteiger partial charge in [-0.15, -0.1) is 11.8 Å². The Morgan fingerprint density at radius 3 is 2.50 bits per heavy atom. The number of anilines is 2. The van der Waals surface area contributed by atoms with Crippen LogP contribution in [0.4, 0.5) is 11.4 Å². The van der Waals surface area contributed by atoms with Crippen molar-refractivity contribution in [3.63, 3.8) is 0 Å². The van der Waals surface area contributed by atoms with Gasteiger partial charge in [-0.05, 0) is 63.8 Å². The highest BCUT2D eigenvalue weighted by Gasteiger charge is 2.20. The van der Waals surface area contributed by atoms with Crippen LogP contribution >= 0.6 is 11.8 Å². The largest absolute Gasteiger partial charge is 0.492 e. The van der Waals surface area contributed by atoms with Crippen LogP contribution in [0.2, 0.25) is 0 Å². The molecule has 1 aliphatic rings. The first-order valence-corrected chi connectivity index (χ1v) is 11.9. The molecule has 0 atom stereocenters. The molecule has 0 aromatic heterocycles. The molecule has 1 aliphatic heterocycles. The molecule has 0 unspecified atom stereocenters. The number of nitrogens with zero attached hydrogens (tertiary/aromatic N) is 2. The van der Waals surface area contributed by atoms with Crippen LogP contribution in [-0.2, 0) is 0 Å². The lowest BCUT2D eigenvalue weighted by atomic mass is 10.1. The number of benzene rings is 2. The number of carbonyl (C=O) groups is 1. The second-order valence-electron chi connectivity index (χ2n) is 7.87. The minimum absolute atomic E-state index is 0.109. The van der Waals surface area contributed by atoms with Gasteiger partial charge in [0, 0.05) is 54.4 Å². The molecule has 162 valence electrons. The van der Waals surface area contributed by atoms with Crippen LogP contribution in [0.3, 0.4) is 0 Å². The van der Waals surface area contributed by atoms with Crippen LogP contribution < -0.4 is 15.0 Å². The molecule has 0 saturated carbocycles. The minimum Gasteiger partial charge on any atom is -0.492 e. The number of hydrogen-bond donors (Lipinski definition) is 1. The Morgan fingerprint density at radius 2 is 1.87 bits per heavy atom. The highest BCUT2D eigenvalue weighted by atomic mass is 32.2. The third kappa shape index (κ3) is 5.29. The maximum atomic E-state index is 13.0. The fourth-order valence-electron chi connectivity index (χ4n) is 3.74. The first-order chi connectivity index (χ1) is 14.4. The summed E-state index contributed by atoms with van der Waals surface area (Å²) >= 11 is 1.63. The number of hydrogen-bond acceptors (Lipinski definition) is 5. The zero-order valence-electron chi connectivity index (χ0n) is 18.7. The predicted molar refractivity (Wildman–Crippen MR) is 127 cm³/mol. The van der Waals surface area contributed by atoms with Gasteiger partial charge in [0.15, 0.2) is 0 Å². The number of rotatable bonds is 7. The van der Waals surface area contributed by atoms with Gasteiger partial charge in [0.05, 0.1) is 12.3 Å². The van der Waals surface area contributed by atoms with E-state index in [4.69, 9.17) is 4.74 Å². The van der Waals surface area contributed by atoms with Gasteiger partial charge in [0.25, 0.3) is 5.91 Å². The van der Waals surface area contributed by atoms with E-state index in [0.717, 1.165) is 42.3 Å². The van der Waals surface area contributed by atoms with Crippen LogP contribution in [0, 0.1) is 6.92 Å². The summed E-state index contributed by atoms with van der Waals surface area (Å²) in [6.45, 7) is 13.1. The first-order valence-electron chi connectivity index (χ1n) is 10.6. The summed E-state index contributed by atoms with van der Waals surface area (Å²) in [6, 6.07) is 12.6. The average Bonchev–Trinajstić information content (AvgIpc) is 2.75. The second kappa shape index (κ2) is 10.2. The van der Waals surface area contributed by atoms with E-state index in [2.05, 4.69) is 41.1 Å². The van der Waals surface area contributed by atoms with Crippen molar-refractivity contribution < 1.29 is 9.53 Å². The third-order valence-corrected chi connectivity index (χ3v) is 6.34. The van der Waals surface area contributed by atoms with E-state index in [9.17, 15) is 4.79 Å². The number of aryl methyl sites for hydroxylation is 1. The van der Waals surface area contributed by atoms with Gasteiger partial charge in [-0.2, -0.15) is 0 Å². The summed E-state index contributed by atoms with van der Waals surface area (Å²) in [5, 5.41) is 3.06. The molecule has 1 fully saturated rings. The molecular formula is C24H33N3O2S. The first kappa shape index (κ1) is 22.5. The summed E-state index contributed by atoms with van der Waals surface area (Å²) in [4.78, 5) is 18.9. The lowest BCUT2D eigenvalue weighted by Gasteiger charge is -2.38. The standard InChI is InChI=1S/C24H33N3O2S/c1-6-29-23-15-19(27-13-11-26(12-14-27)17(2)3)8-10-22(23)25-24(28)21-16-20(30-5)9-7-18(21)4/h7-10,15-17H,6,11-14H2,1-5H3,(H,25,28). The van der Waals surface area contributed by atoms with Crippen molar-refractivity contribution in [3.05, 3.63) is 47.5 Å². The molecule has 1 N–H and O–H groups in total. The molecule has 3 rings (SSSR count). The molecule has 0 radical (unpaired) electrons. The van der Waals surface area contributed by atoms with Gasteiger partial charge in [0.2, 0.25) is 0 Å². The lowest BCUT2D eigenvalue weighted by molar-refractivity contribution is 0.102. The number of thioether (sulfide) groups is 1. The topological polar surface area (TPSA) is 44.8 Å². The van der Waals surface area contributed by atoms with Crippen molar-refractivity contribution in [1.29, 1.82) is 0 Å². The zero-order valence-corrected chi connectivity index (χ0v) is 19.5. The number of nitrogens with one attached hydrogen (secondary N) is 1. The van der Waals surface area contributed by atoms with Gasteiger partial charge in [0.1, 0.15) is 5.75 Å². The molecule has 5 nitrogen and oxygen atoms in total. The molecule has 6 heteroatoms. The molecule has 2 aromatic rings. The number of carbonyl (C=O) groups excluding carboxylic acids is 1. The highest BCUT2D eigenvalue weighted by Crippen LogP contribution is 2.32. The molecule has 30 heavy (non-hydrogen) atoms. The number of amides is 1. The number of ether oxygens (including phenoxy) is 1. The molecule has 2 aromatic carbocycles. The van der Waals surface area contributed by atoms with E-state index < -0.39 is 0 Å². The molecule has 0 aliphatic carbocycles. The molecular weight excluding hydrogens is 394 g/mol. The van der Waals surface area contributed by atoms with E-state index in [1.165, 1.54) is 0 Å².